The number of benzene rings is 1. The normalized spacial score (nSPS) is 16.3. The first kappa shape index (κ1) is 36.5. The summed E-state index contributed by atoms with van der Waals surface area (Å²) in [6.07, 6.45) is 2.64. The second-order valence-electron chi connectivity index (χ2n) is 11.1. The van der Waals surface area contributed by atoms with Crippen LogP contribution in [0.15, 0.2) is 30.3 Å². The van der Waals surface area contributed by atoms with Crippen molar-refractivity contribution in [3.05, 3.63) is 35.9 Å². The summed E-state index contributed by atoms with van der Waals surface area (Å²) in [5.74, 6) is -3.02. The van der Waals surface area contributed by atoms with Gasteiger partial charge in [-0.2, -0.15) is 0 Å². The van der Waals surface area contributed by atoms with Gasteiger partial charge in [0.1, 0.15) is 17.6 Å². The molecule has 1 aromatic rings. The monoisotopic (exact) mass is 592 g/mol. The van der Waals surface area contributed by atoms with Gasteiger partial charge in [-0.25, -0.2) is 0 Å². The molecular weight excluding hydrogens is 544 g/mol. The fraction of sp³-hybridized carbons (Fsp3) is 0.621. The minimum Gasteiger partial charge on any atom is -0.481 e. The average molecular weight is 593 g/mol. The number of carboxylic acids is 2. The molecule has 1 aliphatic heterocycles. The van der Waals surface area contributed by atoms with Gasteiger partial charge in [-0.1, -0.05) is 44.2 Å². The quantitative estimate of drug-likeness (QED) is 0.145. The van der Waals surface area contributed by atoms with Crippen LogP contribution >= 0.6 is 0 Å². The Bertz CT molecular complexity index is 1020. The number of nitrogens with one attached hydrogen (secondary N) is 2. The highest BCUT2D eigenvalue weighted by molar-refractivity contribution is 5.93. The van der Waals surface area contributed by atoms with E-state index in [-0.39, 0.29) is 37.8 Å². The first-order valence-corrected chi connectivity index (χ1v) is 14.3. The molecular formula is C29H48N6O7. The van der Waals surface area contributed by atoms with Crippen LogP contribution in [0, 0.1) is 5.92 Å². The van der Waals surface area contributed by atoms with Crippen molar-refractivity contribution in [2.24, 2.45) is 23.1 Å². The van der Waals surface area contributed by atoms with Gasteiger partial charge in [0.25, 0.3) is 5.97 Å². The van der Waals surface area contributed by atoms with E-state index in [1.807, 2.05) is 44.2 Å². The largest absolute Gasteiger partial charge is 0.481 e. The zero-order valence-corrected chi connectivity index (χ0v) is 24.9. The molecule has 0 aliphatic carbocycles. The lowest BCUT2D eigenvalue weighted by atomic mass is 9.88. The minimum atomic E-state index is -1.36. The number of carboxylic acid groups (broad SMARTS) is 2. The third-order valence-corrected chi connectivity index (χ3v) is 6.93. The molecule has 1 heterocycles. The van der Waals surface area contributed by atoms with E-state index in [1.54, 1.807) is 4.90 Å². The average Bonchev–Trinajstić information content (AvgIpc) is 2.92. The third-order valence-electron chi connectivity index (χ3n) is 6.93. The lowest BCUT2D eigenvalue weighted by Crippen LogP contribution is -2.60. The van der Waals surface area contributed by atoms with Crippen molar-refractivity contribution in [1.29, 1.82) is 0 Å². The number of rotatable bonds is 14. The van der Waals surface area contributed by atoms with Gasteiger partial charge < -0.3 is 42.9 Å². The molecule has 0 radical (unpaired) electrons. The maximum Gasteiger partial charge on any atom is 0.323 e. The lowest BCUT2D eigenvalue weighted by molar-refractivity contribution is -0.148. The highest BCUT2D eigenvalue weighted by Crippen LogP contribution is 2.21. The van der Waals surface area contributed by atoms with Gasteiger partial charge in [-0.3, -0.25) is 24.0 Å². The number of nitrogens with two attached hydrogens (primary N) is 3. The summed E-state index contributed by atoms with van der Waals surface area (Å²) in [5, 5.41) is 22.4. The molecule has 2 rings (SSSR count). The van der Waals surface area contributed by atoms with Crippen LogP contribution in [0.3, 0.4) is 0 Å². The molecule has 236 valence electrons. The fourth-order valence-corrected chi connectivity index (χ4v) is 4.53. The molecule has 1 aromatic carbocycles. The van der Waals surface area contributed by atoms with Crippen LogP contribution < -0.4 is 27.8 Å². The number of piperidine rings is 1. The zero-order chi connectivity index (χ0) is 31.9. The maximum atomic E-state index is 13.4. The van der Waals surface area contributed by atoms with Crippen molar-refractivity contribution in [3.63, 3.8) is 0 Å². The van der Waals surface area contributed by atoms with E-state index in [9.17, 15) is 24.3 Å². The summed E-state index contributed by atoms with van der Waals surface area (Å²) < 4.78 is 0. The Balaban J connectivity index is 0.00000206. The van der Waals surface area contributed by atoms with Gasteiger partial charge in [0.15, 0.2) is 0 Å². The number of nitrogens with zero attached hydrogens (tertiary/aromatic N) is 1. The zero-order valence-electron chi connectivity index (χ0n) is 24.9. The van der Waals surface area contributed by atoms with Crippen molar-refractivity contribution in [1.82, 2.24) is 15.5 Å². The predicted molar refractivity (Wildman–Crippen MR) is 158 cm³/mol. The molecule has 13 nitrogen and oxygen atoms in total. The van der Waals surface area contributed by atoms with Crippen LogP contribution in [-0.2, 0) is 30.4 Å². The van der Waals surface area contributed by atoms with Crippen molar-refractivity contribution >= 4 is 29.7 Å². The summed E-state index contributed by atoms with van der Waals surface area (Å²) in [6, 6.07) is 6.87. The van der Waals surface area contributed by atoms with E-state index in [0.29, 0.717) is 38.6 Å². The number of carbonyl (C=O) groups excluding carboxylic acids is 3. The standard InChI is InChI=1S/C27H44N6O5.C2H4O2/c1-18(2)16-22(32-23(34)20(29)17-19-8-4-3-5-9-19)24(35)31-21(10-6-7-13-28)25(36)33-14-11-27(30,12-15-33)26(37)38;1-2(3)4/h3-5,8-9,18,20-22H,6-7,10-17,28-30H2,1-2H3,(H,31,35)(H,32,34)(H,37,38);1H3,(H,3,4)/t20-,21-,22-;/m1./s1. The van der Waals surface area contributed by atoms with E-state index < -0.39 is 47.4 Å². The first-order chi connectivity index (χ1) is 19.7. The maximum absolute atomic E-state index is 13.4. The SMILES string of the molecule is CC(=O)O.CC(C)C[C@@H](NC(=O)[C@H](N)Cc1ccccc1)C(=O)N[C@H](CCCCN)C(=O)N1CCC(N)(C(=O)O)CC1. The lowest BCUT2D eigenvalue weighted by Gasteiger charge is -2.38. The smallest absolute Gasteiger partial charge is 0.323 e. The molecule has 1 aliphatic rings. The van der Waals surface area contributed by atoms with Gasteiger partial charge in [-0.05, 0) is 63.0 Å². The van der Waals surface area contributed by atoms with Crippen LogP contribution in [0.4, 0.5) is 0 Å². The number of aliphatic carboxylic acids is 2. The Morgan fingerprint density at radius 1 is 0.952 bits per heavy atom. The highest BCUT2D eigenvalue weighted by atomic mass is 16.4. The summed E-state index contributed by atoms with van der Waals surface area (Å²) in [6.45, 7) is 5.79. The van der Waals surface area contributed by atoms with Crippen LogP contribution in [0.25, 0.3) is 0 Å². The number of unbranched alkanes of at least 4 members (excludes halogenated alkanes) is 1. The van der Waals surface area contributed by atoms with Crippen molar-refractivity contribution in [2.45, 2.75) is 89.4 Å². The topological polar surface area (TPSA) is 231 Å². The molecule has 0 spiro atoms. The first-order valence-electron chi connectivity index (χ1n) is 14.3. The van der Waals surface area contributed by atoms with Gasteiger partial charge in [0, 0.05) is 20.0 Å². The Labute approximate surface area is 247 Å². The Morgan fingerprint density at radius 3 is 2.00 bits per heavy atom. The Hall–Kier alpha value is -3.55. The Kier molecular flexibility index (Phi) is 15.7. The van der Waals surface area contributed by atoms with Gasteiger partial charge in [0.05, 0.1) is 6.04 Å². The summed E-state index contributed by atoms with van der Waals surface area (Å²) in [7, 11) is 0. The fourth-order valence-electron chi connectivity index (χ4n) is 4.53. The van der Waals surface area contributed by atoms with Crippen molar-refractivity contribution in [2.75, 3.05) is 19.6 Å². The molecule has 10 N–H and O–H groups in total. The number of likely N-dealkylation sites (tertiary alicyclic amines) is 1. The van der Waals surface area contributed by atoms with E-state index >= 15 is 0 Å². The van der Waals surface area contributed by atoms with E-state index in [4.69, 9.17) is 27.1 Å². The third kappa shape index (κ3) is 13.0. The molecule has 1 saturated heterocycles. The molecule has 1 fully saturated rings. The highest BCUT2D eigenvalue weighted by Gasteiger charge is 2.40. The molecule has 0 bridgehead atoms. The number of carbonyl (C=O) groups is 5. The van der Waals surface area contributed by atoms with Gasteiger partial charge in [0.2, 0.25) is 17.7 Å². The molecule has 3 amide bonds. The molecule has 13 heteroatoms. The molecule has 3 atom stereocenters. The number of hydrogen-bond acceptors (Lipinski definition) is 8. The predicted octanol–water partition coefficient (Wildman–Crippen LogP) is 0.197. The van der Waals surface area contributed by atoms with Gasteiger partial charge in [-0.15, -0.1) is 0 Å². The molecule has 42 heavy (non-hydrogen) atoms. The molecule has 0 aromatic heterocycles. The summed E-state index contributed by atoms with van der Waals surface area (Å²) >= 11 is 0. The van der Waals surface area contributed by atoms with Crippen LogP contribution in [0.1, 0.15) is 64.9 Å². The second-order valence-corrected chi connectivity index (χ2v) is 11.1. The van der Waals surface area contributed by atoms with Crippen LogP contribution in [0.5, 0.6) is 0 Å². The molecule has 0 unspecified atom stereocenters. The Morgan fingerprint density at radius 2 is 1.50 bits per heavy atom. The van der Waals surface area contributed by atoms with Crippen LogP contribution in [0.2, 0.25) is 0 Å². The van der Waals surface area contributed by atoms with E-state index in [1.165, 1.54) is 0 Å². The van der Waals surface area contributed by atoms with E-state index in [2.05, 4.69) is 10.6 Å². The van der Waals surface area contributed by atoms with Crippen molar-refractivity contribution in [3.8, 4) is 0 Å². The van der Waals surface area contributed by atoms with Crippen molar-refractivity contribution < 1.29 is 34.2 Å². The van der Waals surface area contributed by atoms with Crippen LogP contribution in [-0.4, -0.2) is 88.1 Å². The van der Waals surface area contributed by atoms with Gasteiger partial charge >= 0.3 is 5.97 Å². The number of amides is 3. The second kappa shape index (κ2) is 18.1. The number of hydrogen-bond donors (Lipinski definition) is 7. The molecule has 0 saturated carbocycles. The summed E-state index contributed by atoms with van der Waals surface area (Å²) in [4.78, 5) is 61.6. The van der Waals surface area contributed by atoms with E-state index in [0.717, 1.165) is 12.5 Å². The summed E-state index contributed by atoms with van der Waals surface area (Å²) in [5.41, 5.74) is 17.3. The minimum absolute atomic E-state index is 0.0959.